The third-order valence-electron chi connectivity index (χ3n) is 3.54. The zero-order chi connectivity index (χ0) is 18.3. The van der Waals surface area contributed by atoms with Crippen molar-refractivity contribution in [3.8, 4) is 0 Å². The number of carbonyl (C=O) groups is 1. The monoisotopic (exact) mass is 365 g/mol. The van der Waals surface area contributed by atoms with E-state index in [1.165, 1.54) is 13.1 Å². The van der Waals surface area contributed by atoms with Gasteiger partial charge in [0.15, 0.2) is 0 Å². The van der Waals surface area contributed by atoms with Crippen molar-refractivity contribution in [1.29, 1.82) is 0 Å². The highest BCUT2D eigenvalue weighted by atomic mass is 32.2. The fourth-order valence-corrected chi connectivity index (χ4v) is 2.88. The zero-order valence-corrected chi connectivity index (χ0v) is 14.6. The van der Waals surface area contributed by atoms with Crippen molar-refractivity contribution in [3.05, 3.63) is 71.0 Å². The summed E-state index contributed by atoms with van der Waals surface area (Å²) in [6.45, 7) is 0.376. The molecule has 0 saturated heterocycles. The summed E-state index contributed by atoms with van der Waals surface area (Å²) in [6, 6.07) is 12.7. The van der Waals surface area contributed by atoms with Gasteiger partial charge in [0.05, 0.1) is 5.75 Å². The molecule has 2 amide bonds. The van der Waals surface area contributed by atoms with Crippen LogP contribution in [0.4, 0.5) is 9.18 Å². The Morgan fingerprint density at radius 1 is 0.960 bits per heavy atom. The Kier molecular flexibility index (Phi) is 6.49. The van der Waals surface area contributed by atoms with Crippen LogP contribution in [0.5, 0.6) is 0 Å². The first-order valence-corrected chi connectivity index (χ1v) is 9.29. The van der Waals surface area contributed by atoms with Gasteiger partial charge in [0.2, 0.25) is 10.0 Å². The first-order valence-electron chi connectivity index (χ1n) is 7.64. The highest BCUT2D eigenvalue weighted by molar-refractivity contribution is 7.88. The van der Waals surface area contributed by atoms with Crippen LogP contribution < -0.4 is 15.4 Å². The summed E-state index contributed by atoms with van der Waals surface area (Å²) >= 11 is 0. The number of amides is 2. The molecule has 2 rings (SSSR count). The first kappa shape index (κ1) is 18.9. The molecule has 134 valence electrons. The van der Waals surface area contributed by atoms with Crippen molar-refractivity contribution in [2.45, 2.75) is 18.8 Å². The summed E-state index contributed by atoms with van der Waals surface area (Å²) < 4.78 is 38.7. The molecule has 0 saturated carbocycles. The van der Waals surface area contributed by atoms with Crippen molar-refractivity contribution in [2.24, 2.45) is 0 Å². The quantitative estimate of drug-likeness (QED) is 0.700. The summed E-state index contributed by atoms with van der Waals surface area (Å²) in [5.41, 5.74) is 1.89. The third kappa shape index (κ3) is 6.17. The van der Waals surface area contributed by atoms with Gasteiger partial charge < -0.3 is 10.6 Å². The van der Waals surface area contributed by atoms with Gasteiger partial charge in [-0.15, -0.1) is 0 Å². The average molecular weight is 365 g/mol. The molecule has 0 unspecified atom stereocenters. The number of hydrogen-bond donors (Lipinski definition) is 3. The molecule has 2 aromatic rings. The largest absolute Gasteiger partial charge is 0.334 e. The van der Waals surface area contributed by atoms with Gasteiger partial charge in [-0.2, -0.15) is 0 Å². The van der Waals surface area contributed by atoms with Crippen LogP contribution in [0.1, 0.15) is 16.7 Å². The smallest absolute Gasteiger partial charge is 0.315 e. The van der Waals surface area contributed by atoms with Gasteiger partial charge in [0.25, 0.3) is 0 Å². The third-order valence-corrected chi connectivity index (χ3v) is 4.88. The lowest BCUT2D eigenvalue weighted by atomic mass is 10.1. The average Bonchev–Trinajstić information content (AvgIpc) is 2.60. The molecule has 0 bridgehead atoms. The second-order valence-corrected chi connectivity index (χ2v) is 7.33. The molecule has 0 aromatic heterocycles. The first-order chi connectivity index (χ1) is 11.9. The summed E-state index contributed by atoms with van der Waals surface area (Å²) in [7, 11) is -1.94. The van der Waals surface area contributed by atoms with Crippen LogP contribution in [0, 0.1) is 5.82 Å². The molecule has 0 spiro atoms. The number of carbonyl (C=O) groups excluding carboxylic acids is 1. The van der Waals surface area contributed by atoms with Crippen molar-refractivity contribution < 1.29 is 17.6 Å². The number of nitrogens with one attached hydrogen (secondary N) is 3. The van der Waals surface area contributed by atoms with Gasteiger partial charge in [-0.05, 0) is 24.2 Å². The molecule has 0 aliphatic heterocycles. The maximum atomic E-state index is 13.5. The van der Waals surface area contributed by atoms with Crippen molar-refractivity contribution >= 4 is 16.1 Å². The number of rotatable bonds is 7. The molecule has 0 atom stereocenters. The molecule has 8 heteroatoms. The summed E-state index contributed by atoms with van der Waals surface area (Å²) in [6.07, 6.45) is 0. The van der Waals surface area contributed by atoms with Crippen LogP contribution in [-0.4, -0.2) is 21.5 Å². The number of hydrogen-bond acceptors (Lipinski definition) is 3. The van der Waals surface area contributed by atoms with E-state index >= 15 is 0 Å². The summed E-state index contributed by atoms with van der Waals surface area (Å²) in [5.74, 6) is -0.463. The number of urea groups is 1. The fourth-order valence-electron chi connectivity index (χ4n) is 2.11. The van der Waals surface area contributed by atoms with Gasteiger partial charge >= 0.3 is 6.03 Å². The van der Waals surface area contributed by atoms with E-state index in [0.717, 1.165) is 5.56 Å². The Bertz CT molecular complexity index is 823. The normalized spacial score (nSPS) is 11.1. The van der Waals surface area contributed by atoms with Crippen LogP contribution in [0.3, 0.4) is 0 Å². The second kappa shape index (κ2) is 8.59. The molecular formula is C17H20FN3O3S. The van der Waals surface area contributed by atoms with E-state index in [4.69, 9.17) is 0 Å². The fraction of sp³-hybridized carbons (Fsp3) is 0.235. The van der Waals surface area contributed by atoms with Crippen molar-refractivity contribution in [3.63, 3.8) is 0 Å². The van der Waals surface area contributed by atoms with Gasteiger partial charge in [0, 0.05) is 18.7 Å². The molecular weight excluding hydrogens is 345 g/mol. The maximum Gasteiger partial charge on any atom is 0.315 e. The highest BCUT2D eigenvalue weighted by Crippen LogP contribution is 2.08. The summed E-state index contributed by atoms with van der Waals surface area (Å²) in [4.78, 5) is 11.8. The number of halogens is 1. The van der Waals surface area contributed by atoms with Gasteiger partial charge in [-0.3, -0.25) is 0 Å². The van der Waals surface area contributed by atoms with Crippen molar-refractivity contribution in [1.82, 2.24) is 15.4 Å². The van der Waals surface area contributed by atoms with Gasteiger partial charge in [-0.1, -0.05) is 42.5 Å². The van der Waals surface area contributed by atoms with Gasteiger partial charge in [-0.25, -0.2) is 22.3 Å². The topological polar surface area (TPSA) is 87.3 Å². The minimum Gasteiger partial charge on any atom is -0.334 e. The Hall–Kier alpha value is -2.45. The molecule has 25 heavy (non-hydrogen) atoms. The minimum absolute atomic E-state index is 0.0965. The second-order valence-electron chi connectivity index (χ2n) is 5.41. The molecule has 0 aliphatic rings. The van der Waals surface area contributed by atoms with Crippen LogP contribution in [0.15, 0.2) is 48.5 Å². The molecule has 0 heterocycles. The lowest BCUT2D eigenvalue weighted by Crippen LogP contribution is -2.34. The predicted molar refractivity (Wildman–Crippen MR) is 93.6 cm³/mol. The Labute approximate surface area is 146 Å². The van der Waals surface area contributed by atoms with E-state index < -0.39 is 16.1 Å². The minimum atomic E-state index is -3.31. The summed E-state index contributed by atoms with van der Waals surface area (Å²) in [5, 5.41) is 5.25. The maximum absolute atomic E-state index is 13.5. The highest BCUT2D eigenvalue weighted by Gasteiger charge is 2.08. The van der Waals surface area contributed by atoms with E-state index in [2.05, 4.69) is 15.4 Å². The number of sulfonamides is 1. The molecule has 0 radical (unpaired) electrons. The SMILES string of the molecule is CNS(=O)(=O)Cc1ccc(CNC(=O)NCc2ccccc2F)cc1. The van der Waals surface area contributed by atoms with Crippen LogP contribution in [0.25, 0.3) is 0 Å². The molecule has 2 aromatic carbocycles. The Balaban J connectivity index is 1.81. The predicted octanol–water partition coefficient (Wildman–Crippen LogP) is 1.87. The van der Waals surface area contributed by atoms with E-state index in [1.54, 1.807) is 42.5 Å². The van der Waals surface area contributed by atoms with Crippen molar-refractivity contribution in [2.75, 3.05) is 7.05 Å². The Morgan fingerprint density at radius 3 is 2.20 bits per heavy atom. The number of benzene rings is 2. The van der Waals surface area contributed by atoms with E-state index in [9.17, 15) is 17.6 Å². The lowest BCUT2D eigenvalue weighted by molar-refractivity contribution is 0.240. The van der Waals surface area contributed by atoms with Gasteiger partial charge in [0.1, 0.15) is 5.82 Å². The standard InChI is InChI=1S/C17H20FN3O3S/c1-19-25(23,24)12-14-8-6-13(7-9-14)10-20-17(22)21-11-15-4-2-3-5-16(15)18/h2-9,19H,10-12H2,1H3,(H2,20,21,22). The van der Waals surface area contributed by atoms with E-state index in [1.807, 2.05) is 0 Å². The van der Waals surface area contributed by atoms with E-state index in [-0.39, 0.29) is 24.7 Å². The molecule has 6 nitrogen and oxygen atoms in total. The van der Waals surface area contributed by atoms with Crippen LogP contribution >= 0.6 is 0 Å². The van der Waals surface area contributed by atoms with E-state index in [0.29, 0.717) is 11.1 Å². The molecule has 0 aliphatic carbocycles. The Morgan fingerprint density at radius 2 is 1.56 bits per heavy atom. The van der Waals surface area contributed by atoms with Crippen LogP contribution in [0.2, 0.25) is 0 Å². The zero-order valence-electron chi connectivity index (χ0n) is 13.8. The molecule has 3 N–H and O–H groups in total. The molecule has 0 fully saturated rings. The van der Waals surface area contributed by atoms with Crippen LogP contribution in [-0.2, 0) is 28.9 Å². The lowest BCUT2D eigenvalue weighted by Gasteiger charge is -2.09.